The minimum atomic E-state index is -0.660. The normalized spacial score (nSPS) is 10.9. The van der Waals surface area contributed by atoms with Gasteiger partial charge in [-0.3, -0.25) is 9.59 Å². The summed E-state index contributed by atoms with van der Waals surface area (Å²) in [4.78, 5) is 31.1. The van der Waals surface area contributed by atoms with Crippen LogP contribution in [-0.2, 0) is 11.3 Å². The van der Waals surface area contributed by atoms with Gasteiger partial charge in [-0.25, -0.2) is 4.98 Å². The Morgan fingerprint density at radius 3 is 2.88 bits per heavy atom. The van der Waals surface area contributed by atoms with Gasteiger partial charge in [0.05, 0.1) is 6.54 Å². The van der Waals surface area contributed by atoms with E-state index < -0.39 is 5.91 Å². The highest BCUT2D eigenvalue weighted by Gasteiger charge is 2.14. The molecule has 3 aromatic rings. The van der Waals surface area contributed by atoms with E-state index in [0.717, 1.165) is 10.1 Å². The number of halogens is 1. The van der Waals surface area contributed by atoms with Crippen molar-refractivity contribution in [2.24, 2.45) is 5.73 Å². The zero-order chi connectivity index (χ0) is 17.3. The Morgan fingerprint density at radius 2 is 2.21 bits per heavy atom. The number of nitrogens with two attached hydrogens (primary N) is 1. The lowest BCUT2D eigenvalue weighted by Gasteiger charge is -2.11. The Balaban J connectivity index is 2.04. The molecule has 1 amide bonds. The molecule has 3 heterocycles. The second-order valence-corrected chi connectivity index (χ2v) is 5.45. The minimum absolute atomic E-state index is 0.0977. The predicted molar refractivity (Wildman–Crippen MR) is 85.0 cm³/mol. The quantitative estimate of drug-likeness (QED) is 0.656. The van der Waals surface area contributed by atoms with Crippen LogP contribution in [0.3, 0.4) is 0 Å². The number of carbonyl (C=O) groups is 1. The van der Waals surface area contributed by atoms with Crippen molar-refractivity contribution in [2.75, 3.05) is 6.61 Å². The summed E-state index contributed by atoms with van der Waals surface area (Å²) in [5, 5.41) is 4.34. The fourth-order valence-corrected chi connectivity index (χ4v) is 2.27. The Morgan fingerprint density at radius 1 is 1.42 bits per heavy atom. The fourth-order valence-electron chi connectivity index (χ4n) is 2.16. The number of aromatic nitrogens is 5. The topological polar surface area (TPSA) is 117 Å². The first-order valence-corrected chi connectivity index (χ1v) is 7.30. The zero-order valence-corrected chi connectivity index (χ0v) is 13.4. The minimum Gasteiger partial charge on any atom is -0.452 e. The number of amides is 1. The number of nitrogens with zero attached hydrogens (tertiary/aromatic N) is 5. The van der Waals surface area contributed by atoms with E-state index >= 15 is 0 Å². The molecule has 10 heteroatoms. The fraction of sp³-hybridized carbons (Fsp3) is 0.214. The first-order chi connectivity index (χ1) is 11.4. The van der Waals surface area contributed by atoms with E-state index in [1.807, 2.05) is 6.07 Å². The van der Waals surface area contributed by atoms with Crippen molar-refractivity contribution >= 4 is 23.3 Å². The molecule has 9 nitrogen and oxygen atoms in total. The molecule has 0 bridgehead atoms. The molecule has 0 radical (unpaired) electrons. The summed E-state index contributed by atoms with van der Waals surface area (Å²) in [6, 6.07) is 4.84. The molecule has 0 aliphatic carbocycles. The standard InChI is InChI=1S/C14H13ClN6O3/c1-8-4-12(23)21-14(18-13(19-21)24-7-11(16)22)20(8)6-9-2-3-10(15)17-5-9/h2-5H,6-7H2,1H3,(H2,16,22). The van der Waals surface area contributed by atoms with Crippen LogP contribution < -0.4 is 16.0 Å². The van der Waals surface area contributed by atoms with Gasteiger partial charge in [0, 0.05) is 18.0 Å². The Kier molecular flexibility index (Phi) is 4.17. The van der Waals surface area contributed by atoms with Gasteiger partial charge in [0.15, 0.2) is 6.61 Å². The molecule has 0 saturated carbocycles. The van der Waals surface area contributed by atoms with Crippen molar-refractivity contribution < 1.29 is 9.53 Å². The van der Waals surface area contributed by atoms with E-state index in [1.165, 1.54) is 6.07 Å². The number of fused-ring (bicyclic) bond motifs is 1. The monoisotopic (exact) mass is 348 g/mol. The van der Waals surface area contributed by atoms with Gasteiger partial charge in [-0.05, 0) is 18.6 Å². The smallest absolute Gasteiger partial charge is 0.338 e. The summed E-state index contributed by atoms with van der Waals surface area (Å²) in [6.45, 7) is 1.82. The maximum Gasteiger partial charge on any atom is 0.338 e. The summed E-state index contributed by atoms with van der Waals surface area (Å²) >= 11 is 5.79. The van der Waals surface area contributed by atoms with Gasteiger partial charge < -0.3 is 15.0 Å². The lowest BCUT2D eigenvalue weighted by molar-refractivity contribution is -0.120. The molecular weight excluding hydrogens is 336 g/mol. The van der Waals surface area contributed by atoms with Gasteiger partial charge in [-0.1, -0.05) is 17.7 Å². The molecule has 3 rings (SSSR count). The molecule has 0 unspecified atom stereocenters. The SMILES string of the molecule is Cc1cc(=O)n2nc(OCC(N)=O)nc2n1Cc1ccc(Cl)nc1. The molecule has 24 heavy (non-hydrogen) atoms. The second-order valence-electron chi connectivity index (χ2n) is 5.06. The Bertz CT molecular complexity index is 963. The van der Waals surface area contributed by atoms with Gasteiger partial charge in [0.25, 0.3) is 11.5 Å². The number of rotatable bonds is 5. The highest BCUT2D eigenvalue weighted by Crippen LogP contribution is 2.12. The van der Waals surface area contributed by atoms with Gasteiger partial charge >= 0.3 is 6.01 Å². The first kappa shape index (κ1) is 15.9. The number of aryl methyl sites for hydroxylation is 1. The molecule has 0 aliphatic heterocycles. The molecular formula is C14H13ClN6O3. The van der Waals surface area contributed by atoms with Crippen LogP contribution in [0.2, 0.25) is 5.15 Å². The highest BCUT2D eigenvalue weighted by atomic mass is 35.5. The van der Waals surface area contributed by atoms with Crippen molar-refractivity contribution in [3.63, 3.8) is 0 Å². The van der Waals surface area contributed by atoms with E-state index in [1.54, 1.807) is 23.8 Å². The summed E-state index contributed by atoms with van der Waals surface area (Å²) in [5.41, 5.74) is 6.23. The van der Waals surface area contributed by atoms with Crippen LogP contribution in [-0.4, -0.2) is 36.7 Å². The van der Waals surface area contributed by atoms with E-state index in [4.69, 9.17) is 22.1 Å². The lowest BCUT2D eigenvalue weighted by Crippen LogP contribution is -2.21. The van der Waals surface area contributed by atoms with Gasteiger partial charge in [0.1, 0.15) is 5.15 Å². The van der Waals surface area contributed by atoms with Crippen LogP contribution in [0.15, 0.2) is 29.2 Å². The second kappa shape index (κ2) is 6.28. The molecule has 124 valence electrons. The maximum absolute atomic E-state index is 12.1. The summed E-state index contributed by atoms with van der Waals surface area (Å²) in [6.07, 6.45) is 1.64. The third kappa shape index (κ3) is 3.20. The van der Waals surface area contributed by atoms with Crippen LogP contribution in [0.5, 0.6) is 6.01 Å². The van der Waals surface area contributed by atoms with Gasteiger partial charge in [-0.15, -0.1) is 5.10 Å². The van der Waals surface area contributed by atoms with Crippen molar-refractivity contribution in [1.29, 1.82) is 0 Å². The average Bonchev–Trinajstić information content (AvgIpc) is 2.96. The lowest BCUT2D eigenvalue weighted by atomic mass is 10.3. The van der Waals surface area contributed by atoms with Gasteiger partial charge in [0.2, 0.25) is 5.78 Å². The van der Waals surface area contributed by atoms with Crippen molar-refractivity contribution in [3.05, 3.63) is 51.2 Å². The van der Waals surface area contributed by atoms with Crippen molar-refractivity contribution in [1.82, 2.24) is 24.1 Å². The predicted octanol–water partition coefficient (Wildman–Crippen LogP) is 0.160. The molecule has 0 spiro atoms. The Labute approximate surface area is 140 Å². The van der Waals surface area contributed by atoms with E-state index in [0.29, 0.717) is 17.4 Å². The summed E-state index contributed by atoms with van der Waals surface area (Å²) in [7, 11) is 0. The van der Waals surface area contributed by atoms with E-state index in [9.17, 15) is 9.59 Å². The van der Waals surface area contributed by atoms with Gasteiger partial charge in [-0.2, -0.15) is 9.50 Å². The largest absolute Gasteiger partial charge is 0.452 e. The number of carbonyl (C=O) groups excluding carboxylic acids is 1. The van der Waals surface area contributed by atoms with Crippen LogP contribution in [0.4, 0.5) is 0 Å². The first-order valence-electron chi connectivity index (χ1n) is 6.93. The number of pyridine rings is 1. The van der Waals surface area contributed by atoms with E-state index in [2.05, 4.69) is 15.1 Å². The molecule has 0 aromatic carbocycles. The van der Waals surface area contributed by atoms with Crippen molar-refractivity contribution in [2.45, 2.75) is 13.5 Å². The zero-order valence-electron chi connectivity index (χ0n) is 12.6. The Hall–Kier alpha value is -2.94. The average molecular weight is 349 g/mol. The maximum atomic E-state index is 12.1. The van der Waals surface area contributed by atoms with Crippen LogP contribution in [0, 0.1) is 6.92 Å². The molecule has 2 N–H and O–H groups in total. The molecule has 0 saturated heterocycles. The van der Waals surface area contributed by atoms with Crippen LogP contribution >= 0.6 is 11.6 Å². The highest BCUT2D eigenvalue weighted by molar-refractivity contribution is 6.29. The molecule has 0 fully saturated rings. The molecule has 0 atom stereocenters. The molecule has 3 aromatic heterocycles. The summed E-state index contributed by atoms with van der Waals surface area (Å²) in [5.74, 6) is -0.373. The number of hydrogen-bond donors (Lipinski definition) is 1. The number of ether oxygens (including phenoxy) is 1. The van der Waals surface area contributed by atoms with Crippen LogP contribution in [0.25, 0.3) is 5.78 Å². The third-order valence-corrected chi connectivity index (χ3v) is 3.48. The third-order valence-electron chi connectivity index (χ3n) is 3.25. The van der Waals surface area contributed by atoms with Crippen LogP contribution in [0.1, 0.15) is 11.3 Å². The number of primary amides is 1. The number of hydrogen-bond acceptors (Lipinski definition) is 6. The van der Waals surface area contributed by atoms with E-state index in [-0.39, 0.29) is 24.0 Å². The summed E-state index contributed by atoms with van der Waals surface area (Å²) < 4.78 is 7.95. The van der Waals surface area contributed by atoms with Crippen molar-refractivity contribution in [3.8, 4) is 6.01 Å². The molecule has 0 aliphatic rings.